The van der Waals surface area contributed by atoms with Gasteiger partial charge in [-0.15, -0.1) is 5.10 Å². The first-order valence-electron chi connectivity index (χ1n) is 13.4. The Balaban J connectivity index is 1.63. The predicted octanol–water partition coefficient (Wildman–Crippen LogP) is 3.34. The van der Waals surface area contributed by atoms with Crippen LogP contribution < -0.4 is 10.3 Å². The summed E-state index contributed by atoms with van der Waals surface area (Å²) in [5, 5.41) is 13.7. The van der Waals surface area contributed by atoms with Crippen molar-refractivity contribution in [2.75, 3.05) is 46.0 Å². The summed E-state index contributed by atoms with van der Waals surface area (Å²) >= 11 is 0. The third-order valence-corrected chi connectivity index (χ3v) is 6.85. The molecule has 37 heavy (non-hydrogen) atoms. The SMILES string of the molecule is CCOc1ccc2[nH]c(=O)c(CN(CCCN3CCOCC3)C(CC)c3nnnn3C(C)(C)C)cc2c1. The Morgan fingerprint density at radius 3 is 2.68 bits per heavy atom. The molecule has 0 radical (unpaired) electrons. The first-order chi connectivity index (χ1) is 17.8. The first-order valence-corrected chi connectivity index (χ1v) is 13.4. The van der Waals surface area contributed by atoms with Crippen LogP contribution in [-0.2, 0) is 16.8 Å². The van der Waals surface area contributed by atoms with Crippen LogP contribution in [0.25, 0.3) is 10.9 Å². The number of benzene rings is 1. The number of pyridine rings is 1. The molecule has 1 aliphatic heterocycles. The summed E-state index contributed by atoms with van der Waals surface area (Å²) in [5.41, 5.74) is 1.21. The summed E-state index contributed by atoms with van der Waals surface area (Å²) in [6, 6.07) is 7.74. The molecular weight excluding hydrogens is 470 g/mol. The maximum absolute atomic E-state index is 13.1. The van der Waals surface area contributed by atoms with Gasteiger partial charge in [0, 0.05) is 42.6 Å². The minimum atomic E-state index is -0.248. The maximum Gasteiger partial charge on any atom is 0.252 e. The lowest BCUT2D eigenvalue weighted by Gasteiger charge is -2.33. The van der Waals surface area contributed by atoms with Crippen LogP contribution in [0.15, 0.2) is 29.1 Å². The van der Waals surface area contributed by atoms with Crippen LogP contribution in [0.2, 0.25) is 0 Å². The van der Waals surface area contributed by atoms with Crippen molar-refractivity contribution < 1.29 is 9.47 Å². The number of aromatic amines is 1. The number of nitrogens with one attached hydrogen (secondary N) is 1. The van der Waals surface area contributed by atoms with Crippen LogP contribution in [0.4, 0.5) is 0 Å². The highest BCUT2D eigenvalue weighted by molar-refractivity contribution is 5.80. The zero-order valence-electron chi connectivity index (χ0n) is 22.9. The van der Waals surface area contributed by atoms with Crippen LogP contribution in [0.1, 0.15) is 64.9 Å². The van der Waals surface area contributed by atoms with Crippen molar-refractivity contribution >= 4 is 10.9 Å². The normalized spacial score (nSPS) is 15.9. The highest BCUT2D eigenvalue weighted by Crippen LogP contribution is 2.28. The number of tetrazole rings is 1. The minimum absolute atomic E-state index is 0.0243. The molecule has 1 atom stereocenters. The molecule has 1 saturated heterocycles. The summed E-state index contributed by atoms with van der Waals surface area (Å²) in [7, 11) is 0. The zero-order valence-corrected chi connectivity index (χ0v) is 22.9. The van der Waals surface area contributed by atoms with Gasteiger partial charge < -0.3 is 14.5 Å². The van der Waals surface area contributed by atoms with Crippen LogP contribution in [0, 0.1) is 0 Å². The fourth-order valence-electron chi connectivity index (χ4n) is 4.97. The van der Waals surface area contributed by atoms with E-state index in [4.69, 9.17) is 9.47 Å². The van der Waals surface area contributed by atoms with Gasteiger partial charge in [0.05, 0.1) is 31.4 Å². The number of nitrogens with zero attached hydrogens (tertiary/aromatic N) is 6. The number of hydrogen-bond acceptors (Lipinski definition) is 8. The fourth-order valence-corrected chi connectivity index (χ4v) is 4.97. The molecule has 3 heterocycles. The Kier molecular flexibility index (Phi) is 8.94. The van der Waals surface area contributed by atoms with Crippen molar-refractivity contribution in [1.29, 1.82) is 0 Å². The van der Waals surface area contributed by atoms with Gasteiger partial charge in [-0.1, -0.05) is 6.92 Å². The van der Waals surface area contributed by atoms with Crippen molar-refractivity contribution in [3.8, 4) is 5.75 Å². The molecule has 0 amide bonds. The number of hydrogen-bond donors (Lipinski definition) is 1. The summed E-state index contributed by atoms with van der Waals surface area (Å²) in [6.07, 6.45) is 1.81. The van der Waals surface area contributed by atoms with Crippen LogP contribution in [0.3, 0.4) is 0 Å². The van der Waals surface area contributed by atoms with Crippen molar-refractivity contribution in [2.45, 2.75) is 65.6 Å². The van der Waals surface area contributed by atoms with Gasteiger partial charge in [0.25, 0.3) is 5.56 Å². The van der Waals surface area contributed by atoms with Gasteiger partial charge in [-0.05, 0) is 81.8 Å². The molecule has 0 spiro atoms. The zero-order chi connectivity index (χ0) is 26.4. The largest absolute Gasteiger partial charge is 0.494 e. The second kappa shape index (κ2) is 12.1. The van der Waals surface area contributed by atoms with E-state index in [0.29, 0.717) is 13.2 Å². The van der Waals surface area contributed by atoms with E-state index in [2.05, 4.69) is 58.0 Å². The summed E-state index contributed by atoms with van der Waals surface area (Å²) in [5.74, 6) is 1.63. The van der Waals surface area contributed by atoms with E-state index in [1.807, 2.05) is 35.9 Å². The van der Waals surface area contributed by atoms with E-state index in [0.717, 1.165) is 80.3 Å². The molecule has 1 unspecified atom stereocenters. The second-order valence-corrected chi connectivity index (χ2v) is 10.6. The molecule has 0 aliphatic carbocycles. The number of morpholine rings is 1. The van der Waals surface area contributed by atoms with E-state index < -0.39 is 0 Å². The molecule has 1 N–H and O–H groups in total. The molecule has 10 heteroatoms. The molecular formula is C27H41N7O3. The Morgan fingerprint density at radius 1 is 1.19 bits per heavy atom. The van der Waals surface area contributed by atoms with Gasteiger partial charge in [-0.3, -0.25) is 14.6 Å². The first kappa shape index (κ1) is 27.2. The van der Waals surface area contributed by atoms with E-state index >= 15 is 0 Å². The second-order valence-electron chi connectivity index (χ2n) is 10.6. The Morgan fingerprint density at radius 2 is 1.97 bits per heavy atom. The third-order valence-electron chi connectivity index (χ3n) is 6.85. The number of fused-ring (bicyclic) bond motifs is 1. The minimum Gasteiger partial charge on any atom is -0.494 e. The molecule has 10 nitrogen and oxygen atoms in total. The molecule has 2 aromatic heterocycles. The van der Waals surface area contributed by atoms with Crippen molar-refractivity contribution in [2.24, 2.45) is 0 Å². The van der Waals surface area contributed by atoms with E-state index in [1.165, 1.54) is 0 Å². The highest BCUT2D eigenvalue weighted by Gasteiger charge is 2.29. The van der Waals surface area contributed by atoms with Gasteiger partial charge in [0.2, 0.25) is 0 Å². The van der Waals surface area contributed by atoms with Gasteiger partial charge in [-0.25, -0.2) is 4.68 Å². The lowest BCUT2D eigenvalue weighted by atomic mass is 10.1. The summed E-state index contributed by atoms with van der Waals surface area (Å²) in [6.45, 7) is 16.9. The average molecular weight is 512 g/mol. The van der Waals surface area contributed by atoms with Gasteiger partial charge in [0.15, 0.2) is 5.82 Å². The van der Waals surface area contributed by atoms with Crippen molar-refractivity contribution in [1.82, 2.24) is 35.0 Å². The third kappa shape index (κ3) is 6.74. The van der Waals surface area contributed by atoms with Crippen LogP contribution >= 0.6 is 0 Å². The number of H-pyrrole nitrogens is 1. The number of ether oxygens (including phenoxy) is 2. The Bertz CT molecular complexity index is 1210. The highest BCUT2D eigenvalue weighted by atomic mass is 16.5. The van der Waals surface area contributed by atoms with E-state index in [1.54, 1.807) is 0 Å². The van der Waals surface area contributed by atoms with E-state index in [9.17, 15) is 4.79 Å². The summed E-state index contributed by atoms with van der Waals surface area (Å²) < 4.78 is 13.1. The molecule has 0 bridgehead atoms. The Hall–Kier alpha value is -2.82. The lowest BCUT2D eigenvalue weighted by Crippen LogP contribution is -2.39. The average Bonchev–Trinajstić information content (AvgIpc) is 3.36. The lowest BCUT2D eigenvalue weighted by molar-refractivity contribution is 0.0348. The monoisotopic (exact) mass is 511 g/mol. The van der Waals surface area contributed by atoms with Gasteiger partial charge >= 0.3 is 0 Å². The Labute approximate surface area is 218 Å². The van der Waals surface area contributed by atoms with E-state index in [-0.39, 0.29) is 17.1 Å². The van der Waals surface area contributed by atoms with Crippen molar-refractivity contribution in [3.63, 3.8) is 0 Å². The van der Waals surface area contributed by atoms with Crippen molar-refractivity contribution in [3.05, 3.63) is 46.0 Å². The van der Waals surface area contributed by atoms with Gasteiger partial charge in [-0.2, -0.15) is 0 Å². The molecule has 1 fully saturated rings. The topological polar surface area (TPSA) is 101 Å². The standard InChI is InChI=1S/C27H41N7O3/c1-6-24(25-29-30-31-34(25)27(3,4)5)33(12-8-11-32-13-15-36-16-14-32)19-21-17-20-18-22(37-7-2)9-10-23(20)28-26(21)35/h9-10,17-18,24H,6-8,11-16,19H2,1-5H3,(H,28,35). The number of aromatic nitrogens is 5. The fraction of sp³-hybridized carbons (Fsp3) is 0.630. The molecule has 1 aromatic carbocycles. The van der Waals surface area contributed by atoms with Gasteiger partial charge in [0.1, 0.15) is 5.75 Å². The van der Waals surface area contributed by atoms with Crippen LogP contribution in [0.5, 0.6) is 5.75 Å². The molecule has 1 aliphatic rings. The smallest absolute Gasteiger partial charge is 0.252 e. The summed E-state index contributed by atoms with van der Waals surface area (Å²) in [4.78, 5) is 21.0. The quantitative estimate of drug-likeness (QED) is 0.418. The molecule has 3 aromatic rings. The number of rotatable bonds is 11. The maximum atomic E-state index is 13.1. The van der Waals surface area contributed by atoms with Crippen LogP contribution in [-0.4, -0.2) is 81.0 Å². The molecule has 4 rings (SSSR count). The predicted molar refractivity (Wildman–Crippen MR) is 144 cm³/mol. The molecule has 202 valence electrons. The molecule has 0 saturated carbocycles.